The van der Waals surface area contributed by atoms with E-state index >= 15 is 0 Å². The van der Waals surface area contributed by atoms with Crippen molar-refractivity contribution in [2.24, 2.45) is 0 Å². The third-order valence-corrected chi connectivity index (χ3v) is 3.23. The van der Waals surface area contributed by atoms with Crippen molar-refractivity contribution in [2.45, 2.75) is 0 Å². The number of hydrogen-bond donors (Lipinski definition) is 0. The van der Waals surface area contributed by atoms with Crippen molar-refractivity contribution >= 4 is 23.2 Å². The minimum absolute atomic E-state index is 0.0908. The monoisotopic (exact) mass is 270 g/mol. The van der Waals surface area contributed by atoms with Crippen LogP contribution in [0, 0.1) is 5.82 Å². The molecule has 1 nitrogen and oxygen atoms in total. The summed E-state index contributed by atoms with van der Waals surface area (Å²) in [4.78, 5) is 0. The summed E-state index contributed by atoms with van der Waals surface area (Å²) < 4.78 is 18.8. The topological polar surface area (TPSA) is 9.23 Å². The molecule has 0 N–H and O–H groups in total. The fourth-order valence-corrected chi connectivity index (χ4v) is 2.02. The number of halogens is 3. The van der Waals surface area contributed by atoms with Crippen molar-refractivity contribution in [2.75, 3.05) is 7.11 Å². The van der Waals surface area contributed by atoms with Gasteiger partial charge in [-0.15, -0.1) is 0 Å². The van der Waals surface area contributed by atoms with Gasteiger partial charge in [-0.05, 0) is 11.6 Å². The minimum atomic E-state index is -0.559. The van der Waals surface area contributed by atoms with E-state index in [0.717, 1.165) is 5.56 Å². The first-order chi connectivity index (χ1) is 8.15. The van der Waals surface area contributed by atoms with Crippen LogP contribution in [0.5, 0.6) is 5.75 Å². The fourth-order valence-electron chi connectivity index (χ4n) is 1.61. The maximum Gasteiger partial charge on any atom is 0.147 e. The Balaban J connectivity index is 2.70. The quantitative estimate of drug-likeness (QED) is 0.712. The SMILES string of the molecule is COc1c(-c2ccccc2)cc(F)c(Cl)c1Cl. The molecule has 88 valence electrons. The lowest BCUT2D eigenvalue weighted by Gasteiger charge is -2.12. The summed E-state index contributed by atoms with van der Waals surface area (Å²) in [5.41, 5.74) is 1.40. The number of methoxy groups -OCH3 is 1. The Morgan fingerprint density at radius 1 is 1.06 bits per heavy atom. The highest BCUT2D eigenvalue weighted by molar-refractivity contribution is 6.43. The molecule has 0 saturated heterocycles. The van der Waals surface area contributed by atoms with Gasteiger partial charge in [-0.2, -0.15) is 0 Å². The zero-order chi connectivity index (χ0) is 12.4. The fraction of sp³-hybridized carbons (Fsp3) is 0.0769. The Labute approximate surface area is 109 Å². The van der Waals surface area contributed by atoms with Crippen LogP contribution in [0.4, 0.5) is 4.39 Å². The number of hydrogen-bond acceptors (Lipinski definition) is 1. The molecule has 0 fully saturated rings. The third kappa shape index (κ3) is 2.24. The first kappa shape index (κ1) is 12.2. The molecule has 0 aliphatic rings. The van der Waals surface area contributed by atoms with Gasteiger partial charge >= 0.3 is 0 Å². The zero-order valence-corrected chi connectivity index (χ0v) is 10.5. The van der Waals surface area contributed by atoms with E-state index in [2.05, 4.69) is 0 Å². The van der Waals surface area contributed by atoms with Crippen LogP contribution >= 0.6 is 23.2 Å². The molecule has 17 heavy (non-hydrogen) atoms. The van der Waals surface area contributed by atoms with E-state index in [9.17, 15) is 4.39 Å². The van der Waals surface area contributed by atoms with Crippen molar-refractivity contribution in [1.29, 1.82) is 0 Å². The first-order valence-corrected chi connectivity index (χ1v) is 5.67. The summed E-state index contributed by atoms with van der Waals surface area (Å²) in [5.74, 6) is -0.180. The van der Waals surface area contributed by atoms with Crippen LogP contribution < -0.4 is 4.74 Å². The molecule has 2 aromatic carbocycles. The number of ether oxygens (including phenoxy) is 1. The van der Waals surface area contributed by atoms with Crippen LogP contribution in [0.2, 0.25) is 10.0 Å². The second kappa shape index (κ2) is 4.94. The Bertz CT molecular complexity index is 541. The molecule has 4 heteroatoms. The zero-order valence-electron chi connectivity index (χ0n) is 9.01. The van der Waals surface area contributed by atoms with E-state index in [1.165, 1.54) is 13.2 Å². The van der Waals surface area contributed by atoms with Gasteiger partial charge in [-0.3, -0.25) is 0 Å². The Morgan fingerprint density at radius 3 is 2.29 bits per heavy atom. The summed E-state index contributed by atoms with van der Waals surface area (Å²) in [7, 11) is 1.47. The number of rotatable bonds is 2. The molecule has 0 heterocycles. The Kier molecular flexibility index (Phi) is 3.55. The molecular weight excluding hydrogens is 262 g/mol. The molecule has 0 aromatic heterocycles. The molecule has 2 aromatic rings. The third-order valence-electron chi connectivity index (χ3n) is 2.41. The highest BCUT2D eigenvalue weighted by Gasteiger charge is 2.17. The Morgan fingerprint density at radius 2 is 1.71 bits per heavy atom. The van der Waals surface area contributed by atoms with Crippen LogP contribution in [0.15, 0.2) is 36.4 Å². The normalized spacial score (nSPS) is 10.4. The predicted octanol–water partition coefficient (Wildman–Crippen LogP) is 4.81. The average molecular weight is 271 g/mol. The van der Waals surface area contributed by atoms with Crippen LogP contribution in [-0.2, 0) is 0 Å². The van der Waals surface area contributed by atoms with Gasteiger partial charge in [-0.25, -0.2) is 4.39 Å². The summed E-state index contributed by atoms with van der Waals surface area (Å²) in [5, 5.41) is -0.0313. The number of benzene rings is 2. The Hall–Kier alpha value is -1.25. The molecule has 0 atom stereocenters. The largest absolute Gasteiger partial charge is 0.494 e. The second-order valence-corrected chi connectivity index (χ2v) is 4.19. The standard InChI is InChI=1S/C13H9Cl2FO/c1-17-13-9(8-5-3-2-4-6-8)7-10(16)11(14)12(13)15/h2-7H,1H3. The van der Waals surface area contributed by atoms with Gasteiger partial charge in [-0.1, -0.05) is 53.5 Å². The lowest BCUT2D eigenvalue weighted by atomic mass is 10.0. The first-order valence-electron chi connectivity index (χ1n) is 4.92. The van der Waals surface area contributed by atoms with Crippen LogP contribution in [-0.4, -0.2) is 7.11 Å². The van der Waals surface area contributed by atoms with Gasteiger partial charge in [0.1, 0.15) is 16.6 Å². The molecular formula is C13H9Cl2FO. The van der Waals surface area contributed by atoms with Gasteiger partial charge in [0.2, 0.25) is 0 Å². The summed E-state index contributed by atoms with van der Waals surface area (Å²) in [6, 6.07) is 10.6. The lowest BCUT2D eigenvalue weighted by Crippen LogP contribution is -1.92. The molecule has 0 spiro atoms. The molecule has 0 bridgehead atoms. The summed E-state index contributed by atoms with van der Waals surface area (Å²) >= 11 is 11.7. The van der Waals surface area contributed by atoms with Gasteiger partial charge in [0, 0.05) is 5.56 Å². The van der Waals surface area contributed by atoms with Crippen molar-refractivity contribution < 1.29 is 9.13 Å². The van der Waals surface area contributed by atoms with E-state index in [0.29, 0.717) is 11.3 Å². The molecule has 2 rings (SSSR count). The predicted molar refractivity (Wildman–Crippen MR) is 68.4 cm³/mol. The average Bonchev–Trinajstić information content (AvgIpc) is 2.36. The maximum atomic E-state index is 13.6. The molecule has 0 radical (unpaired) electrons. The second-order valence-electron chi connectivity index (χ2n) is 3.43. The highest BCUT2D eigenvalue weighted by atomic mass is 35.5. The van der Waals surface area contributed by atoms with Gasteiger partial charge in [0.05, 0.1) is 12.1 Å². The maximum absolute atomic E-state index is 13.6. The van der Waals surface area contributed by atoms with Crippen molar-refractivity contribution in [1.82, 2.24) is 0 Å². The summed E-state index contributed by atoms with van der Waals surface area (Å²) in [6.45, 7) is 0. The van der Waals surface area contributed by atoms with E-state index in [1.807, 2.05) is 30.3 Å². The van der Waals surface area contributed by atoms with Gasteiger partial charge < -0.3 is 4.74 Å². The van der Waals surface area contributed by atoms with E-state index in [4.69, 9.17) is 27.9 Å². The molecule has 0 amide bonds. The van der Waals surface area contributed by atoms with Crippen molar-refractivity contribution in [3.8, 4) is 16.9 Å². The van der Waals surface area contributed by atoms with Crippen LogP contribution in [0.25, 0.3) is 11.1 Å². The van der Waals surface area contributed by atoms with Gasteiger partial charge in [0.25, 0.3) is 0 Å². The van der Waals surface area contributed by atoms with E-state index in [1.54, 1.807) is 0 Å². The molecule has 0 saturated carbocycles. The smallest absolute Gasteiger partial charge is 0.147 e. The van der Waals surface area contributed by atoms with Crippen molar-refractivity contribution in [3.05, 3.63) is 52.3 Å². The molecule has 0 unspecified atom stereocenters. The lowest BCUT2D eigenvalue weighted by molar-refractivity contribution is 0.415. The minimum Gasteiger partial charge on any atom is -0.494 e. The van der Waals surface area contributed by atoms with Gasteiger partial charge in [0.15, 0.2) is 0 Å². The molecule has 0 aliphatic carbocycles. The highest BCUT2D eigenvalue weighted by Crippen LogP contribution is 2.41. The summed E-state index contributed by atoms with van der Waals surface area (Å²) in [6.07, 6.45) is 0. The van der Waals surface area contributed by atoms with Crippen molar-refractivity contribution in [3.63, 3.8) is 0 Å². The van der Waals surface area contributed by atoms with Crippen LogP contribution in [0.1, 0.15) is 0 Å². The van der Waals surface area contributed by atoms with E-state index < -0.39 is 5.82 Å². The van der Waals surface area contributed by atoms with E-state index in [-0.39, 0.29) is 10.0 Å². The van der Waals surface area contributed by atoms with Crippen LogP contribution in [0.3, 0.4) is 0 Å². The molecule has 0 aliphatic heterocycles.